The number of piperidine rings is 1. The van der Waals surface area contributed by atoms with Crippen molar-refractivity contribution in [3.8, 4) is 0 Å². The van der Waals surface area contributed by atoms with Crippen LogP contribution in [0.15, 0.2) is 54.6 Å². The lowest BCUT2D eigenvalue weighted by Gasteiger charge is -2.24. The number of sulfonamides is 1. The summed E-state index contributed by atoms with van der Waals surface area (Å²) in [5, 5.41) is 0. The Morgan fingerprint density at radius 3 is 2.41 bits per heavy atom. The molecule has 5 nitrogen and oxygen atoms in total. The van der Waals surface area contributed by atoms with Crippen LogP contribution in [-0.2, 0) is 26.4 Å². The van der Waals surface area contributed by atoms with Crippen molar-refractivity contribution in [2.75, 3.05) is 24.1 Å². The van der Waals surface area contributed by atoms with Crippen LogP contribution in [0.1, 0.15) is 23.6 Å². The van der Waals surface area contributed by atoms with Gasteiger partial charge in [-0.3, -0.25) is 9.52 Å². The number of carbonyl (C=O) groups excluding carboxylic acids is 1. The van der Waals surface area contributed by atoms with Gasteiger partial charge in [0.25, 0.3) is 0 Å². The van der Waals surface area contributed by atoms with Crippen molar-refractivity contribution < 1.29 is 26.4 Å². The molecule has 1 heterocycles. The summed E-state index contributed by atoms with van der Waals surface area (Å²) in [6.45, 7) is 3.11. The van der Waals surface area contributed by atoms with Gasteiger partial charge in [-0.25, -0.2) is 8.42 Å². The van der Waals surface area contributed by atoms with Gasteiger partial charge in [-0.05, 0) is 47.2 Å². The standard InChI is InChI=1S/C23H23F3N2O3S/c1-22(16-7-5-8-17(12-16)27-32(2,30)31)19-13-28(14-20(19)22)21(29)11-10-15-6-3-4-9-18(15)23(24,25)26/h3-12,19-20,27H,13-14H2,1-2H3. The van der Waals surface area contributed by atoms with Gasteiger partial charge in [0.05, 0.1) is 11.8 Å². The van der Waals surface area contributed by atoms with Crippen molar-refractivity contribution in [3.05, 3.63) is 71.3 Å². The van der Waals surface area contributed by atoms with Crippen LogP contribution < -0.4 is 4.72 Å². The lowest BCUT2D eigenvalue weighted by Crippen LogP contribution is -2.33. The summed E-state index contributed by atoms with van der Waals surface area (Å²) in [7, 11) is -3.38. The second-order valence-corrected chi connectivity index (χ2v) is 10.4. The predicted molar refractivity (Wildman–Crippen MR) is 116 cm³/mol. The Morgan fingerprint density at radius 2 is 1.78 bits per heavy atom. The average molecular weight is 465 g/mol. The van der Waals surface area contributed by atoms with E-state index in [-0.39, 0.29) is 28.7 Å². The summed E-state index contributed by atoms with van der Waals surface area (Å²) < 4.78 is 64.9. The van der Waals surface area contributed by atoms with Crippen LogP contribution in [0.3, 0.4) is 0 Å². The Kier molecular flexibility index (Phi) is 5.35. The highest BCUT2D eigenvalue weighted by molar-refractivity contribution is 7.92. The zero-order chi connectivity index (χ0) is 23.3. The molecule has 0 spiro atoms. The van der Waals surface area contributed by atoms with Crippen LogP contribution >= 0.6 is 0 Å². The average Bonchev–Trinajstić information content (AvgIpc) is 3.05. The minimum Gasteiger partial charge on any atom is -0.339 e. The van der Waals surface area contributed by atoms with Crippen molar-refractivity contribution in [3.63, 3.8) is 0 Å². The number of anilines is 1. The molecular weight excluding hydrogens is 441 g/mol. The summed E-state index contributed by atoms with van der Waals surface area (Å²) in [4.78, 5) is 14.2. The first-order valence-electron chi connectivity index (χ1n) is 10.1. The number of nitrogens with zero attached hydrogens (tertiary/aromatic N) is 1. The largest absolute Gasteiger partial charge is 0.416 e. The van der Waals surface area contributed by atoms with Gasteiger partial charge in [0, 0.05) is 30.3 Å². The zero-order valence-corrected chi connectivity index (χ0v) is 18.4. The van der Waals surface area contributed by atoms with Crippen LogP contribution in [0.2, 0.25) is 0 Å². The van der Waals surface area contributed by atoms with Crippen LogP contribution in [0.4, 0.5) is 18.9 Å². The summed E-state index contributed by atoms with van der Waals surface area (Å²) in [6.07, 6.45) is -0.975. The fourth-order valence-corrected chi connectivity index (χ4v) is 5.34. The van der Waals surface area contributed by atoms with Crippen molar-refractivity contribution in [1.29, 1.82) is 0 Å². The highest BCUT2D eigenvalue weighted by Gasteiger charge is 2.66. The summed E-state index contributed by atoms with van der Waals surface area (Å²) in [6, 6.07) is 12.4. The maximum absolute atomic E-state index is 13.1. The molecule has 2 unspecified atom stereocenters. The van der Waals surface area contributed by atoms with Crippen LogP contribution in [-0.4, -0.2) is 38.6 Å². The minimum absolute atomic E-state index is 0.0438. The number of hydrogen-bond acceptors (Lipinski definition) is 3. The molecular formula is C23H23F3N2O3S. The van der Waals surface area contributed by atoms with E-state index in [9.17, 15) is 26.4 Å². The fourth-order valence-electron chi connectivity index (χ4n) is 4.79. The first kappa shape index (κ1) is 22.4. The first-order chi connectivity index (χ1) is 14.9. The molecule has 1 saturated carbocycles. The Hall–Kier alpha value is -2.81. The van der Waals surface area contributed by atoms with Crippen LogP contribution in [0, 0.1) is 11.8 Å². The number of nitrogens with one attached hydrogen (secondary N) is 1. The van der Waals surface area contributed by atoms with E-state index in [1.807, 2.05) is 12.1 Å². The van der Waals surface area contributed by atoms with Gasteiger partial charge in [0.2, 0.25) is 15.9 Å². The van der Waals surface area contributed by atoms with E-state index < -0.39 is 21.8 Å². The number of hydrogen-bond donors (Lipinski definition) is 1. The molecule has 0 radical (unpaired) electrons. The number of fused-ring (bicyclic) bond motifs is 1. The third kappa shape index (κ3) is 4.26. The monoisotopic (exact) mass is 464 g/mol. The van der Waals surface area contributed by atoms with Crippen LogP contribution in [0.5, 0.6) is 0 Å². The molecule has 2 aromatic carbocycles. The van der Waals surface area contributed by atoms with Gasteiger partial charge in [0.15, 0.2) is 0 Å². The third-order valence-corrected chi connectivity index (χ3v) is 7.13. The quantitative estimate of drug-likeness (QED) is 0.677. The predicted octanol–water partition coefficient (Wildman–Crippen LogP) is 4.14. The molecule has 9 heteroatoms. The fraction of sp³-hybridized carbons (Fsp3) is 0.348. The molecule has 1 aliphatic carbocycles. The van der Waals surface area contributed by atoms with E-state index in [1.165, 1.54) is 30.4 Å². The first-order valence-corrected chi connectivity index (χ1v) is 12.0. The maximum Gasteiger partial charge on any atom is 0.416 e. The number of halogens is 3. The lowest BCUT2D eigenvalue weighted by molar-refractivity contribution is -0.137. The van der Waals surface area contributed by atoms with E-state index in [2.05, 4.69) is 11.6 Å². The highest BCUT2D eigenvalue weighted by atomic mass is 32.2. The molecule has 2 atom stereocenters. The number of alkyl halides is 3. The third-order valence-electron chi connectivity index (χ3n) is 6.52. The molecule has 4 rings (SSSR count). The van der Waals surface area contributed by atoms with Crippen molar-refractivity contribution in [2.24, 2.45) is 11.8 Å². The van der Waals surface area contributed by atoms with Gasteiger partial charge in [0.1, 0.15) is 0 Å². The smallest absolute Gasteiger partial charge is 0.339 e. The molecule has 2 fully saturated rings. The molecule has 32 heavy (non-hydrogen) atoms. The topological polar surface area (TPSA) is 66.5 Å². The summed E-state index contributed by atoms with van der Waals surface area (Å²) in [5.74, 6) is 0.121. The van der Waals surface area contributed by atoms with Crippen molar-refractivity contribution >= 4 is 27.7 Å². The van der Waals surface area contributed by atoms with Gasteiger partial charge in [-0.15, -0.1) is 0 Å². The molecule has 2 aromatic rings. The SMILES string of the molecule is CC1(c2cccc(NS(C)(=O)=O)c2)C2CN(C(=O)C=Cc3ccccc3C(F)(F)F)CC21. The molecule has 170 valence electrons. The number of carbonyl (C=O) groups is 1. The van der Waals surface area contributed by atoms with Gasteiger partial charge < -0.3 is 4.90 Å². The molecule has 0 aromatic heterocycles. The number of amides is 1. The molecule has 1 N–H and O–H groups in total. The van der Waals surface area contributed by atoms with Crippen molar-refractivity contribution in [2.45, 2.75) is 18.5 Å². The Labute approximate surface area is 185 Å². The Bertz CT molecular complexity index is 1180. The van der Waals surface area contributed by atoms with E-state index >= 15 is 0 Å². The Morgan fingerprint density at radius 1 is 1.12 bits per heavy atom. The van der Waals surface area contributed by atoms with Gasteiger partial charge in [-0.2, -0.15) is 13.2 Å². The summed E-state index contributed by atoms with van der Waals surface area (Å²) in [5.41, 5.74) is 0.512. The van der Waals surface area contributed by atoms with Crippen LogP contribution in [0.25, 0.3) is 6.08 Å². The molecule has 1 amide bonds. The molecule has 1 saturated heterocycles. The zero-order valence-electron chi connectivity index (χ0n) is 17.6. The van der Waals surface area contributed by atoms with Crippen molar-refractivity contribution in [1.82, 2.24) is 4.90 Å². The maximum atomic E-state index is 13.1. The minimum atomic E-state index is -4.48. The van der Waals surface area contributed by atoms with E-state index in [1.54, 1.807) is 17.0 Å². The normalized spacial score (nSPS) is 25.1. The van der Waals surface area contributed by atoms with Gasteiger partial charge in [-0.1, -0.05) is 37.3 Å². The second-order valence-electron chi connectivity index (χ2n) is 8.61. The second kappa shape index (κ2) is 7.65. The summed E-state index contributed by atoms with van der Waals surface area (Å²) >= 11 is 0. The number of benzene rings is 2. The number of rotatable bonds is 5. The van der Waals surface area contributed by atoms with E-state index in [0.29, 0.717) is 18.8 Å². The molecule has 2 aliphatic rings. The highest BCUT2D eigenvalue weighted by Crippen LogP contribution is 2.63. The van der Waals surface area contributed by atoms with Gasteiger partial charge >= 0.3 is 6.18 Å². The Balaban J connectivity index is 1.43. The molecule has 1 aliphatic heterocycles. The van der Waals surface area contributed by atoms with E-state index in [4.69, 9.17) is 0 Å². The molecule has 0 bridgehead atoms. The number of likely N-dealkylation sites (tertiary alicyclic amines) is 1. The van der Waals surface area contributed by atoms with E-state index in [0.717, 1.165) is 17.9 Å². The lowest BCUT2D eigenvalue weighted by atomic mass is 9.92.